The summed E-state index contributed by atoms with van der Waals surface area (Å²) in [6, 6.07) is 11.0. The van der Waals surface area contributed by atoms with Crippen molar-refractivity contribution in [3.05, 3.63) is 59.8 Å². The van der Waals surface area contributed by atoms with E-state index in [4.69, 9.17) is 9.47 Å². The van der Waals surface area contributed by atoms with Gasteiger partial charge in [0.25, 0.3) is 5.91 Å². The fraction of sp³-hybridized carbons (Fsp3) is 0.158. The molecule has 146 valence electrons. The molecule has 0 aliphatic carbocycles. The Kier molecular flexibility index (Phi) is 6.50. The molecule has 0 radical (unpaired) electrons. The Morgan fingerprint density at radius 2 is 1.82 bits per heavy atom. The van der Waals surface area contributed by atoms with E-state index in [-0.39, 0.29) is 0 Å². The van der Waals surface area contributed by atoms with Gasteiger partial charge in [0.1, 0.15) is 23.1 Å². The molecular weight excluding hydrogens is 375 g/mol. The first-order valence-corrected chi connectivity index (χ1v) is 7.86. The van der Waals surface area contributed by atoms with Crippen LogP contribution in [0, 0.1) is 11.3 Å². The van der Waals surface area contributed by atoms with Crippen molar-refractivity contribution >= 4 is 17.3 Å². The van der Waals surface area contributed by atoms with Gasteiger partial charge in [0.05, 0.1) is 31.2 Å². The van der Waals surface area contributed by atoms with E-state index >= 15 is 0 Å². The lowest BCUT2D eigenvalue weighted by Gasteiger charge is -2.13. The van der Waals surface area contributed by atoms with Crippen molar-refractivity contribution < 1.29 is 27.4 Å². The summed E-state index contributed by atoms with van der Waals surface area (Å²) in [4.78, 5) is 12.2. The summed E-state index contributed by atoms with van der Waals surface area (Å²) >= 11 is 0. The second kappa shape index (κ2) is 8.81. The molecule has 2 aromatic carbocycles. The molecule has 0 aliphatic heterocycles. The Balaban J connectivity index is 2.23. The van der Waals surface area contributed by atoms with Gasteiger partial charge in [-0.1, -0.05) is 12.1 Å². The van der Waals surface area contributed by atoms with Crippen LogP contribution in [0.4, 0.5) is 24.5 Å². The molecule has 28 heavy (non-hydrogen) atoms. The average Bonchev–Trinajstić information content (AvgIpc) is 2.68. The van der Waals surface area contributed by atoms with Gasteiger partial charge in [-0.25, -0.2) is 0 Å². The molecule has 2 rings (SSSR count). The monoisotopic (exact) mass is 391 g/mol. The van der Waals surface area contributed by atoms with Crippen LogP contribution in [-0.2, 0) is 11.0 Å². The van der Waals surface area contributed by atoms with Crippen molar-refractivity contribution in [2.75, 3.05) is 24.9 Å². The molecule has 0 saturated carbocycles. The number of benzene rings is 2. The lowest BCUT2D eigenvalue weighted by atomic mass is 10.1. The Hall–Kier alpha value is -3.67. The second-order valence-corrected chi connectivity index (χ2v) is 5.38. The summed E-state index contributed by atoms with van der Waals surface area (Å²) < 4.78 is 49.3. The summed E-state index contributed by atoms with van der Waals surface area (Å²) in [6.45, 7) is 0. The predicted molar refractivity (Wildman–Crippen MR) is 96.9 cm³/mol. The van der Waals surface area contributed by atoms with Gasteiger partial charge < -0.3 is 20.1 Å². The van der Waals surface area contributed by atoms with E-state index in [1.807, 2.05) is 0 Å². The molecule has 0 unspecified atom stereocenters. The van der Waals surface area contributed by atoms with Crippen molar-refractivity contribution in [3.8, 4) is 17.6 Å². The maximum absolute atomic E-state index is 13.0. The van der Waals surface area contributed by atoms with Crippen LogP contribution >= 0.6 is 0 Å². The van der Waals surface area contributed by atoms with E-state index in [0.717, 1.165) is 18.3 Å². The van der Waals surface area contributed by atoms with E-state index in [2.05, 4.69) is 10.6 Å². The minimum atomic E-state index is -4.64. The van der Waals surface area contributed by atoms with Crippen LogP contribution in [0.3, 0.4) is 0 Å². The molecule has 0 aromatic heterocycles. The highest BCUT2D eigenvalue weighted by atomic mass is 19.4. The maximum atomic E-state index is 13.0. The van der Waals surface area contributed by atoms with Gasteiger partial charge in [-0.3, -0.25) is 4.79 Å². The zero-order chi connectivity index (χ0) is 20.7. The molecule has 0 bridgehead atoms. The highest BCUT2D eigenvalue weighted by molar-refractivity contribution is 6.07. The summed E-state index contributed by atoms with van der Waals surface area (Å²) in [5.41, 5.74) is -1.44. The molecule has 0 fully saturated rings. The number of nitrogens with one attached hydrogen (secondary N) is 2. The van der Waals surface area contributed by atoms with Crippen LogP contribution < -0.4 is 20.1 Å². The van der Waals surface area contributed by atoms with Gasteiger partial charge in [-0.15, -0.1) is 0 Å². The highest BCUT2D eigenvalue weighted by Crippen LogP contribution is 2.34. The topological polar surface area (TPSA) is 83.4 Å². The SMILES string of the molecule is COc1ccc(N/C=C(/C#N)C(=O)Nc2ccccc2C(F)(F)F)c(OC)c1. The fourth-order valence-electron chi connectivity index (χ4n) is 2.25. The molecule has 1 amide bonds. The summed E-state index contributed by atoms with van der Waals surface area (Å²) in [6.07, 6.45) is -3.56. The third-order valence-corrected chi connectivity index (χ3v) is 3.63. The Morgan fingerprint density at radius 3 is 2.43 bits per heavy atom. The minimum absolute atomic E-state index is 0.385. The van der Waals surface area contributed by atoms with Crippen LogP contribution in [0.2, 0.25) is 0 Å². The van der Waals surface area contributed by atoms with Crippen LogP contribution in [0.1, 0.15) is 5.56 Å². The molecule has 0 aliphatic rings. The summed E-state index contributed by atoms with van der Waals surface area (Å²) in [5.74, 6) is -0.0664. The number of carbonyl (C=O) groups is 1. The summed E-state index contributed by atoms with van der Waals surface area (Å²) in [5, 5.41) is 14.0. The van der Waals surface area contributed by atoms with Crippen molar-refractivity contribution in [2.24, 2.45) is 0 Å². The normalized spacial score (nSPS) is 11.4. The Morgan fingerprint density at radius 1 is 1.11 bits per heavy atom. The number of alkyl halides is 3. The molecule has 2 aromatic rings. The number of amides is 1. The predicted octanol–water partition coefficient (Wildman–Crippen LogP) is 4.18. The number of hydrogen-bond donors (Lipinski definition) is 2. The summed E-state index contributed by atoms with van der Waals surface area (Å²) in [7, 11) is 2.91. The molecule has 0 spiro atoms. The average molecular weight is 391 g/mol. The van der Waals surface area contributed by atoms with E-state index < -0.39 is 28.9 Å². The number of anilines is 2. The number of nitrogens with zero attached hydrogens (tertiary/aromatic N) is 1. The number of rotatable bonds is 6. The van der Waals surface area contributed by atoms with Gasteiger partial charge in [-0.05, 0) is 24.3 Å². The third-order valence-electron chi connectivity index (χ3n) is 3.63. The van der Waals surface area contributed by atoms with Crippen LogP contribution in [-0.4, -0.2) is 20.1 Å². The highest BCUT2D eigenvalue weighted by Gasteiger charge is 2.33. The first-order chi connectivity index (χ1) is 13.3. The molecule has 2 N–H and O–H groups in total. The van der Waals surface area contributed by atoms with Crippen molar-refractivity contribution in [1.29, 1.82) is 5.26 Å². The number of hydrogen-bond acceptors (Lipinski definition) is 5. The molecule has 0 heterocycles. The largest absolute Gasteiger partial charge is 0.497 e. The van der Waals surface area contributed by atoms with Crippen molar-refractivity contribution in [2.45, 2.75) is 6.18 Å². The number of halogens is 3. The quantitative estimate of drug-likeness (QED) is 0.570. The molecule has 0 saturated heterocycles. The second-order valence-electron chi connectivity index (χ2n) is 5.38. The zero-order valence-electron chi connectivity index (χ0n) is 14.9. The van der Waals surface area contributed by atoms with E-state index in [9.17, 15) is 23.2 Å². The lowest BCUT2D eigenvalue weighted by molar-refractivity contribution is -0.137. The smallest absolute Gasteiger partial charge is 0.418 e. The van der Waals surface area contributed by atoms with Crippen molar-refractivity contribution in [3.63, 3.8) is 0 Å². The van der Waals surface area contributed by atoms with Crippen LogP contribution in [0.15, 0.2) is 54.2 Å². The zero-order valence-corrected chi connectivity index (χ0v) is 14.9. The number of carbonyl (C=O) groups excluding carboxylic acids is 1. The number of para-hydroxylation sites is 1. The van der Waals surface area contributed by atoms with Crippen LogP contribution in [0.25, 0.3) is 0 Å². The Bertz CT molecular complexity index is 934. The van der Waals surface area contributed by atoms with Gasteiger partial charge in [0.15, 0.2) is 0 Å². The Labute approximate surface area is 159 Å². The number of ether oxygens (including phenoxy) is 2. The first-order valence-electron chi connectivity index (χ1n) is 7.86. The molecule has 6 nitrogen and oxygen atoms in total. The number of nitriles is 1. The third kappa shape index (κ3) is 4.94. The van der Waals surface area contributed by atoms with Gasteiger partial charge in [0, 0.05) is 12.3 Å². The van der Waals surface area contributed by atoms with Gasteiger partial charge >= 0.3 is 6.18 Å². The van der Waals surface area contributed by atoms with Crippen LogP contribution in [0.5, 0.6) is 11.5 Å². The molecule has 0 atom stereocenters. The van der Waals surface area contributed by atoms with E-state index in [0.29, 0.717) is 17.2 Å². The van der Waals surface area contributed by atoms with E-state index in [1.165, 1.54) is 26.4 Å². The van der Waals surface area contributed by atoms with Crippen molar-refractivity contribution in [1.82, 2.24) is 0 Å². The lowest BCUT2D eigenvalue weighted by Crippen LogP contribution is -2.18. The molecule has 9 heteroatoms. The first kappa shape index (κ1) is 20.6. The van der Waals surface area contributed by atoms with E-state index in [1.54, 1.807) is 24.3 Å². The van der Waals surface area contributed by atoms with Gasteiger partial charge in [-0.2, -0.15) is 18.4 Å². The molecular formula is C19H16F3N3O3. The fourth-order valence-corrected chi connectivity index (χ4v) is 2.25. The standard InChI is InChI=1S/C19H16F3N3O3/c1-27-13-7-8-16(17(9-13)28-2)24-11-12(10-23)18(26)25-15-6-4-3-5-14(15)19(20,21)22/h3-9,11,24H,1-2H3,(H,25,26)/b12-11-. The van der Waals surface area contributed by atoms with Gasteiger partial charge in [0.2, 0.25) is 0 Å². The maximum Gasteiger partial charge on any atom is 0.418 e. The minimum Gasteiger partial charge on any atom is -0.497 e. The number of methoxy groups -OCH3 is 2.